The van der Waals surface area contributed by atoms with Crippen LogP contribution in [0.3, 0.4) is 0 Å². The molecule has 21 heavy (non-hydrogen) atoms. The number of nitrogens with one attached hydrogen (secondary N) is 2. The molecule has 7 heteroatoms. The van der Waals surface area contributed by atoms with Gasteiger partial charge in [0, 0.05) is 17.4 Å². The van der Waals surface area contributed by atoms with E-state index < -0.39 is 9.84 Å². The normalized spacial score (nSPS) is 11.3. The van der Waals surface area contributed by atoms with E-state index in [1.165, 1.54) is 6.26 Å². The van der Waals surface area contributed by atoms with Gasteiger partial charge in [-0.15, -0.1) is 0 Å². The summed E-state index contributed by atoms with van der Waals surface area (Å²) in [5.74, 6) is 0.290. The van der Waals surface area contributed by atoms with E-state index in [0.29, 0.717) is 16.9 Å². The summed E-state index contributed by atoms with van der Waals surface area (Å²) < 4.78 is 22.4. The first-order chi connectivity index (χ1) is 9.89. The van der Waals surface area contributed by atoms with Crippen molar-refractivity contribution in [3.8, 4) is 0 Å². The molecule has 0 fully saturated rings. The molecule has 1 aromatic heterocycles. The highest BCUT2D eigenvalue weighted by Crippen LogP contribution is 2.14. The molecule has 1 aromatic carbocycles. The minimum Gasteiger partial charge on any atom is -0.307 e. The van der Waals surface area contributed by atoms with Crippen molar-refractivity contribution in [3.05, 3.63) is 47.2 Å². The number of hydrogen-bond donors (Lipinski definition) is 2. The predicted molar refractivity (Wildman–Crippen MR) is 80.9 cm³/mol. The molecule has 1 amide bonds. The van der Waals surface area contributed by atoms with Crippen LogP contribution in [0.2, 0.25) is 0 Å². The summed E-state index contributed by atoms with van der Waals surface area (Å²) in [4.78, 5) is 12.1. The Kier molecular flexibility index (Phi) is 4.42. The highest BCUT2D eigenvalue weighted by Gasteiger charge is 2.11. The van der Waals surface area contributed by atoms with Crippen molar-refractivity contribution in [2.45, 2.75) is 19.1 Å². The Labute approximate surface area is 123 Å². The van der Waals surface area contributed by atoms with Crippen molar-refractivity contribution in [2.24, 2.45) is 0 Å². The standard InChI is InChI=1S/C14H17N3O3S/c1-3-11-8-15-17-13(11)16-14(18)12-6-4-10(5-7-12)9-21(2,19)20/h4-8H,3,9H2,1-2H3,(H2,15,16,17,18). The summed E-state index contributed by atoms with van der Waals surface area (Å²) in [7, 11) is -3.07. The zero-order valence-electron chi connectivity index (χ0n) is 11.9. The van der Waals surface area contributed by atoms with Gasteiger partial charge in [-0.2, -0.15) is 5.10 Å². The van der Waals surface area contributed by atoms with Crippen LogP contribution in [0.5, 0.6) is 0 Å². The number of rotatable bonds is 5. The molecular weight excluding hydrogens is 290 g/mol. The fourth-order valence-corrected chi connectivity index (χ4v) is 2.73. The molecule has 0 aliphatic heterocycles. The second kappa shape index (κ2) is 6.09. The summed E-state index contributed by atoms with van der Waals surface area (Å²) in [5.41, 5.74) is 2.05. The van der Waals surface area contributed by atoms with Crippen LogP contribution < -0.4 is 5.32 Å². The van der Waals surface area contributed by atoms with Gasteiger partial charge in [-0.25, -0.2) is 8.42 Å². The zero-order valence-corrected chi connectivity index (χ0v) is 12.7. The van der Waals surface area contributed by atoms with E-state index in [0.717, 1.165) is 12.0 Å². The van der Waals surface area contributed by atoms with Gasteiger partial charge in [0.25, 0.3) is 5.91 Å². The lowest BCUT2D eigenvalue weighted by Gasteiger charge is -2.06. The fraction of sp³-hybridized carbons (Fsp3) is 0.286. The topological polar surface area (TPSA) is 91.9 Å². The summed E-state index contributed by atoms with van der Waals surface area (Å²) in [6.45, 7) is 1.97. The molecule has 0 saturated carbocycles. The minimum atomic E-state index is -3.07. The molecule has 2 aromatic rings. The van der Waals surface area contributed by atoms with E-state index in [9.17, 15) is 13.2 Å². The molecule has 0 radical (unpaired) electrons. The number of amides is 1. The molecule has 2 N–H and O–H groups in total. The van der Waals surface area contributed by atoms with Gasteiger partial charge >= 0.3 is 0 Å². The summed E-state index contributed by atoms with van der Waals surface area (Å²) in [5, 5.41) is 9.38. The Morgan fingerprint density at radius 1 is 1.29 bits per heavy atom. The number of aromatic amines is 1. The molecule has 0 spiro atoms. The fourth-order valence-electron chi connectivity index (χ4n) is 1.93. The molecule has 1 heterocycles. The molecule has 2 rings (SSSR count). The number of hydrogen-bond acceptors (Lipinski definition) is 4. The third-order valence-electron chi connectivity index (χ3n) is 2.98. The smallest absolute Gasteiger partial charge is 0.256 e. The lowest BCUT2D eigenvalue weighted by molar-refractivity contribution is 0.102. The predicted octanol–water partition coefficient (Wildman–Crippen LogP) is 1.77. The van der Waals surface area contributed by atoms with E-state index in [2.05, 4.69) is 15.5 Å². The molecule has 0 aliphatic carbocycles. The van der Waals surface area contributed by atoms with Gasteiger partial charge in [-0.05, 0) is 24.1 Å². The number of aryl methyl sites for hydroxylation is 1. The Bertz CT molecular complexity index is 733. The average molecular weight is 307 g/mol. The lowest BCUT2D eigenvalue weighted by Crippen LogP contribution is -2.13. The Morgan fingerprint density at radius 3 is 2.52 bits per heavy atom. The first-order valence-corrected chi connectivity index (χ1v) is 8.55. The maximum atomic E-state index is 12.1. The van der Waals surface area contributed by atoms with Crippen LogP contribution in [0.1, 0.15) is 28.4 Å². The van der Waals surface area contributed by atoms with Gasteiger partial charge in [-0.1, -0.05) is 19.1 Å². The Balaban J connectivity index is 2.10. The van der Waals surface area contributed by atoms with Crippen molar-refractivity contribution in [1.82, 2.24) is 10.2 Å². The molecule has 6 nitrogen and oxygen atoms in total. The van der Waals surface area contributed by atoms with Crippen LogP contribution in [0.4, 0.5) is 5.82 Å². The van der Waals surface area contributed by atoms with Crippen molar-refractivity contribution >= 4 is 21.6 Å². The first-order valence-electron chi connectivity index (χ1n) is 6.49. The van der Waals surface area contributed by atoms with Crippen LogP contribution >= 0.6 is 0 Å². The van der Waals surface area contributed by atoms with Crippen LogP contribution in [0, 0.1) is 0 Å². The quantitative estimate of drug-likeness (QED) is 0.880. The Hall–Kier alpha value is -2.15. The summed E-state index contributed by atoms with van der Waals surface area (Å²) >= 11 is 0. The van der Waals surface area contributed by atoms with Crippen LogP contribution in [-0.4, -0.2) is 30.8 Å². The number of benzene rings is 1. The van der Waals surface area contributed by atoms with E-state index in [1.54, 1.807) is 30.5 Å². The van der Waals surface area contributed by atoms with E-state index in [-0.39, 0.29) is 11.7 Å². The molecular formula is C14H17N3O3S. The highest BCUT2D eigenvalue weighted by molar-refractivity contribution is 7.89. The number of anilines is 1. The van der Waals surface area contributed by atoms with Gasteiger partial charge in [0.1, 0.15) is 5.82 Å². The third-order valence-corrected chi connectivity index (χ3v) is 3.84. The van der Waals surface area contributed by atoms with Gasteiger partial charge in [-0.3, -0.25) is 9.89 Å². The second-order valence-electron chi connectivity index (χ2n) is 4.84. The van der Waals surface area contributed by atoms with Crippen LogP contribution in [0.15, 0.2) is 30.5 Å². The molecule has 0 aliphatic rings. The molecule has 0 bridgehead atoms. The summed E-state index contributed by atoms with van der Waals surface area (Å²) in [6.07, 6.45) is 3.61. The van der Waals surface area contributed by atoms with Crippen molar-refractivity contribution in [3.63, 3.8) is 0 Å². The van der Waals surface area contributed by atoms with Crippen molar-refractivity contribution < 1.29 is 13.2 Å². The van der Waals surface area contributed by atoms with E-state index >= 15 is 0 Å². The zero-order chi connectivity index (χ0) is 15.5. The molecule has 0 unspecified atom stereocenters. The van der Waals surface area contributed by atoms with Crippen LogP contribution in [-0.2, 0) is 22.0 Å². The van der Waals surface area contributed by atoms with Gasteiger partial charge < -0.3 is 5.32 Å². The maximum Gasteiger partial charge on any atom is 0.256 e. The van der Waals surface area contributed by atoms with Gasteiger partial charge in [0.05, 0.1) is 11.9 Å². The van der Waals surface area contributed by atoms with Crippen molar-refractivity contribution in [2.75, 3.05) is 11.6 Å². The van der Waals surface area contributed by atoms with Gasteiger partial charge in [0.2, 0.25) is 0 Å². The molecule has 0 atom stereocenters. The number of nitrogens with zero attached hydrogens (tertiary/aromatic N) is 1. The SMILES string of the molecule is CCc1cn[nH]c1NC(=O)c1ccc(CS(C)(=O)=O)cc1. The van der Waals surface area contributed by atoms with Gasteiger partial charge in [0.15, 0.2) is 9.84 Å². The Morgan fingerprint density at radius 2 is 1.95 bits per heavy atom. The third kappa shape index (κ3) is 4.16. The number of carbonyl (C=O) groups is 1. The largest absolute Gasteiger partial charge is 0.307 e. The van der Waals surface area contributed by atoms with E-state index in [4.69, 9.17) is 0 Å². The number of H-pyrrole nitrogens is 1. The van der Waals surface area contributed by atoms with Crippen LogP contribution in [0.25, 0.3) is 0 Å². The maximum absolute atomic E-state index is 12.1. The number of sulfone groups is 1. The number of carbonyl (C=O) groups excluding carboxylic acids is 1. The summed E-state index contributed by atoms with van der Waals surface area (Å²) in [6, 6.07) is 6.50. The molecule has 0 saturated heterocycles. The highest BCUT2D eigenvalue weighted by atomic mass is 32.2. The monoisotopic (exact) mass is 307 g/mol. The van der Waals surface area contributed by atoms with Crippen molar-refractivity contribution in [1.29, 1.82) is 0 Å². The minimum absolute atomic E-state index is 0.0323. The first kappa shape index (κ1) is 15.2. The number of aromatic nitrogens is 2. The lowest BCUT2D eigenvalue weighted by atomic mass is 10.1. The molecule has 112 valence electrons. The van der Waals surface area contributed by atoms with E-state index in [1.807, 2.05) is 6.92 Å². The second-order valence-corrected chi connectivity index (χ2v) is 6.99. The average Bonchev–Trinajstić information content (AvgIpc) is 2.85.